The molecule has 13 heteroatoms. The second kappa shape index (κ2) is 20.7. The molecule has 0 saturated heterocycles. The van der Waals surface area contributed by atoms with Crippen LogP contribution in [0.2, 0.25) is 0 Å². The molecular weight excluding hydrogens is 697 g/mol. The van der Waals surface area contributed by atoms with E-state index < -0.39 is 20.2 Å². The Kier molecular flexibility index (Phi) is 17.9. The molecule has 0 atom stereocenters. The molecule has 0 aliphatic heterocycles. The molecule has 4 rings (SSSR count). The number of aryl methyl sites for hydroxylation is 2. The monoisotopic (exact) mass is 738 g/mol. The van der Waals surface area contributed by atoms with Crippen LogP contribution in [0, 0.1) is 0 Å². The van der Waals surface area contributed by atoms with E-state index in [-0.39, 0.29) is 64.8 Å². The van der Waals surface area contributed by atoms with Crippen LogP contribution in [0.15, 0.2) is 94.7 Å². The van der Waals surface area contributed by atoms with Gasteiger partial charge in [-0.2, -0.15) is 8.42 Å². The molecule has 0 unspecified atom stereocenters. The van der Waals surface area contributed by atoms with Gasteiger partial charge in [0.15, 0.2) is 11.5 Å². The number of unbranched alkanes of at least 4 members (excludes halogenated alkanes) is 6. The molecule has 4 aromatic carbocycles. The topological polar surface area (TPSA) is 173 Å². The van der Waals surface area contributed by atoms with Gasteiger partial charge in [0, 0.05) is 0 Å². The van der Waals surface area contributed by atoms with Crippen molar-refractivity contribution in [2.24, 2.45) is 0 Å². The van der Waals surface area contributed by atoms with Crippen LogP contribution in [-0.2, 0) is 33.1 Å². The van der Waals surface area contributed by atoms with Gasteiger partial charge >= 0.3 is 37.7 Å². The quantitative estimate of drug-likeness (QED) is 0.0657. The predicted molar refractivity (Wildman–Crippen MR) is 186 cm³/mol. The summed E-state index contributed by atoms with van der Waals surface area (Å²) in [6, 6.07) is 20.7. The fraction of sp³-hybridized carbons (Fsp3) is 0.333. The molecule has 4 aromatic rings. The number of rotatable bonds is 16. The van der Waals surface area contributed by atoms with Gasteiger partial charge in [-0.15, -0.1) is 0 Å². The van der Waals surface area contributed by atoms with Crippen LogP contribution in [0.5, 0.6) is 34.5 Å². The van der Waals surface area contributed by atoms with Gasteiger partial charge in [0.25, 0.3) is 10.1 Å². The summed E-state index contributed by atoms with van der Waals surface area (Å²) in [5, 5.41) is 22.2. The van der Waals surface area contributed by atoms with E-state index in [9.17, 15) is 31.6 Å². The molecule has 10 nitrogen and oxygen atoms in total. The minimum atomic E-state index is -4.49. The van der Waals surface area contributed by atoms with Crippen molar-refractivity contribution >= 4 is 58.0 Å². The summed E-state index contributed by atoms with van der Waals surface area (Å²) in [4.78, 5) is -0.531. The van der Waals surface area contributed by atoms with Gasteiger partial charge in [-0.1, -0.05) is 88.5 Å². The number of hydrogen-bond acceptors (Lipinski definition) is 9. The number of phenols is 1. The normalized spacial score (nSPS) is 11.2. The minimum absolute atomic E-state index is 0. The van der Waals surface area contributed by atoms with Crippen molar-refractivity contribution in [3.63, 3.8) is 0 Å². The molecule has 0 aliphatic rings. The summed E-state index contributed by atoms with van der Waals surface area (Å²) in [6.45, 7) is 4.29. The molecule has 0 fully saturated rings. The van der Waals surface area contributed by atoms with Crippen molar-refractivity contribution in [1.29, 1.82) is 0 Å². The molecule has 49 heavy (non-hydrogen) atoms. The maximum Gasteiger partial charge on any atom is 2.00 e. The summed E-state index contributed by atoms with van der Waals surface area (Å²) < 4.78 is 75.3. The maximum absolute atomic E-state index is 12.1. The maximum atomic E-state index is 12.1. The molecule has 0 aromatic heterocycles. The minimum Gasteiger partial charge on any atom is -0.870 e. The standard InChI is InChI=1S/2C18H22O5S.Ca/c2*1-2-3-4-5-7-14-8-6-9-17(19)18(14)23-15-10-12-16(13-11-15)24(20,21)22;/h2*6,8-13,19H,2-5,7H2,1H3,(H,20,21,22);/q;;+2/p-2. The van der Waals surface area contributed by atoms with E-state index in [4.69, 9.17) is 14.0 Å². The van der Waals surface area contributed by atoms with Crippen LogP contribution < -0.4 is 14.6 Å². The van der Waals surface area contributed by atoms with Crippen molar-refractivity contribution < 1.29 is 45.6 Å². The molecule has 2 N–H and O–H groups in total. The average Bonchev–Trinajstić information content (AvgIpc) is 3.04. The molecule has 0 radical (unpaired) electrons. The second-order valence-corrected chi connectivity index (χ2v) is 14.0. The van der Waals surface area contributed by atoms with Gasteiger partial charge in [-0.25, -0.2) is 8.42 Å². The van der Waals surface area contributed by atoms with Gasteiger partial charge in [0.2, 0.25) is 0 Å². The van der Waals surface area contributed by atoms with Gasteiger partial charge in [0.05, 0.1) is 9.79 Å². The van der Waals surface area contributed by atoms with Crippen LogP contribution in [-0.4, -0.2) is 68.8 Å². The van der Waals surface area contributed by atoms with E-state index in [0.29, 0.717) is 17.2 Å². The number of benzene rings is 4. The number of aromatic hydroxyl groups is 1. The zero-order valence-corrected chi connectivity index (χ0v) is 31.7. The first-order chi connectivity index (χ1) is 22.8. The summed E-state index contributed by atoms with van der Waals surface area (Å²) in [7, 11) is -8.72. The zero-order chi connectivity index (χ0) is 35.2. The molecule has 260 valence electrons. The molecule has 0 amide bonds. The molecule has 0 spiro atoms. The van der Waals surface area contributed by atoms with E-state index in [1.54, 1.807) is 18.2 Å². The number of phenolic OH excluding ortho intramolecular Hbond substituents is 1. The Morgan fingerprint density at radius 3 is 1.53 bits per heavy atom. The van der Waals surface area contributed by atoms with Gasteiger partial charge in [-0.3, -0.25) is 4.55 Å². The molecule has 0 bridgehead atoms. The Morgan fingerprint density at radius 2 is 1.06 bits per heavy atom. The van der Waals surface area contributed by atoms with Crippen molar-refractivity contribution in [3.05, 3.63) is 96.1 Å². The van der Waals surface area contributed by atoms with Crippen molar-refractivity contribution in [1.82, 2.24) is 0 Å². The van der Waals surface area contributed by atoms with Crippen molar-refractivity contribution in [2.45, 2.75) is 87.8 Å². The Hall–Kier alpha value is -2.84. The van der Waals surface area contributed by atoms with Crippen molar-refractivity contribution in [3.8, 4) is 34.5 Å². The van der Waals surface area contributed by atoms with E-state index in [1.807, 2.05) is 12.1 Å². The van der Waals surface area contributed by atoms with Crippen LogP contribution in [0.4, 0.5) is 0 Å². The Bertz CT molecular complexity index is 1680. The summed E-state index contributed by atoms with van der Waals surface area (Å²) in [5.74, 6) is 1.17. The van der Waals surface area contributed by atoms with Gasteiger partial charge in [0.1, 0.15) is 27.4 Å². The number of ether oxygens (including phenoxy) is 2. The fourth-order valence-electron chi connectivity index (χ4n) is 4.83. The summed E-state index contributed by atoms with van der Waals surface area (Å²) in [5.41, 5.74) is 1.74. The Labute approximate surface area is 319 Å². The molecule has 0 heterocycles. The first-order valence-corrected chi connectivity index (χ1v) is 18.8. The molecule has 0 saturated carbocycles. The van der Waals surface area contributed by atoms with Gasteiger partial charge < -0.3 is 24.2 Å². The van der Waals surface area contributed by atoms with Crippen LogP contribution in [0.25, 0.3) is 0 Å². The third kappa shape index (κ3) is 14.1. The number of para-hydroxylation sites is 2. The predicted octanol–water partition coefficient (Wildman–Crippen LogP) is 7.75. The van der Waals surface area contributed by atoms with E-state index >= 15 is 0 Å². The smallest absolute Gasteiger partial charge is 0.870 e. The largest absolute Gasteiger partial charge is 2.00 e. The molecular formula is C36H42CaO10S2. The van der Waals surface area contributed by atoms with E-state index in [0.717, 1.165) is 68.9 Å². The Balaban J connectivity index is 0.000000333. The molecule has 0 aliphatic carbocycles. The SMILES string of the molecule is CCCCCCc1cccc(O)c1Oc1ccc(S(=O)(=O)O)cc1.CCCCCCc1cccc([O-])c1Oc1ccc(S(=O)(=O)[O-])cc1.[Ca+2]. The van der Waals surface area contributed by atoms with Crippen LogP contribution in [0.3, 0.4) is 0 Å². The summed E-state index contributed by atoms with van der Waals surface area (Å²) >= 11 is 0. The van der Waals surface area contributed by atoms with E-state index in [2.05, 4.69) is 13.8 Å². The van der Waals surface area contributed by atoms with Crippen molar-refractivity contribution in [2.75, 3.05) is 0 Å². The summed E-state index contributed by atoms with van der Waals surface area (Å²) in [6.07, 6.45) is 10.4. The third-order valence-corrected chi connectivity index (χ3v) is 9.13. The van der Waals surface area contributed by atoms with Crippen LogP contribution in [0.1, 0.15) is 76.3 Å². The first kappa shape index (κ1) is 42.3. The van der Waals surface area contributed by atoms with Crippen LogP contribution >= 0.6 is 0 Å². The fourth-order valence-corrected chi connectivity index (χ4v) is 5.78. The third-order valence-electron chi connectivity index (χ3n) is 7.41. The average molecular weight is 739 g/mol. The second-order valence-electron chi connectivity index (χ2n) is 11.2. The van der Waals surface area contributed by atoms with Gasteiger partial charge in [-0.05, 0) is 91.4 Å². The van der Waals surface area contributed by atoms with E-state index in [1.165, 1.54) is 61.0 Å². The first-order valence-electron chi connectivity index (χ1n) is 15.9. The zero-order valence-electron chi connectivity index (χ0n) is 27.8. The Morgan fingerprint density at radius 1 is 0.612 bits per heavy atom. The number of hydrogen-bond donors (Lipinski definition) is 2.